The van der Waals surface area contributed by atoms with Gasteiger partial charge in [0, 0.05) is 23.2 Å². The number of aliphatic hydroxyl groups excluding tert-OH is 1. The van der Waals surface area contributed by atoms with E-state index in [4.69, 9.17) is 9.47 Å². The predicted molar refractivity (Wildman–Crippen MR) is 185 cm³/mol. The van der Waals surface area contributed by atoms with E-state index >= 15 is 0 Å². The fraction of sp³-hybridized carbons (Fsp3) is 0.167. The molecule has 0 fully saturated rings. The Morgan fingerprint density at radius 1 is 0.723 bits per heavy atom. The lowest BCUT2D eigenvalue weighted by molar-refractivity contribution is 0.106. The first kappa shape index (κ1) is 33.8. The summed E-state index contributed by atoms with van der Waals surface area (Å²) in [5.74, 6) is 0.670. The van der Waals surface area contributed by atoms with E-state index in [2.05, 4.69) is 10.0 Å². The summed E-state index contributed by atoms with van der Waals surface area (Å²) in [4.78, 5) is 0.0608. The van der Waals surface area contributed by atoms with Crippen molar-refractivity contribution < 1.29 is 32.7 Å². The van der Waals surface area contributed by atoms with Crippen LogP contribution in [0, 0.1) is 0 Å². The lowest BCUT2D eigenvalue weighted by Crippen LogP contribution is -2.32. The number of aromatic hydroxyl groups is 1. The number of phenols is 1. The minimum Gasteiger partial charge on any atom is -0.506 e. The first-order chi connectivity index (χ1) is 22.7. The number of hydrogen-bond acceptors (Lipinski definition) is 8. The molecule has 0 aromatic heterocycles. The van der Waals surface area contributed by atoms with E-state index in [-0.39, 0.29) is 35.8 Å². The summed E-state index contributed by atoms with van der Waals surface area (Å²) in [7, 11) is -6.89. The van der Waals surface area contributed by atoms with Gasteiger partial charge in [-0.2, -0.15) is 0 Å². The summed E-state index contributed by atoms with van der Waals surface area (Å²) < 4.78 is 53.5. The molecule has 5 aromatic rings. The number of ether oxygens (including phenoxy) is 2. The van der Waals surface area contributed by atoms with Gasteiger partial charge in [-0.3, -0.25) is 4.72 Å². The van der Waals surface area contributed by atoms with Crippen molar-refractivity contribution in [2.24, 2.45) is 0 Å². The zero-order valence-corrected chi connectivity index (χ0v) is 27.3. The molecule has 47 heavy (non-hydrogen) atoms. The number of aliphatic hydroxyl groups is 1. The molecule has 4 N–H and O–H groups in total. The fourth-order valence-corrected chi connectivity index (χ4v) is 8.12. The number of nitrogens with one attached hydrogen (secondary N) is 2. The van der Waals surface area contributed by atoms with Crippen molar-refractivity contribution in [2.75, 3.05) is 30.8 Å². The molecule has 0 aliphatic carbocycles. The van der Waals surface area contributed by atoms with Gasteiger partial charge < -0.3 is 29.6 Å². The zero-order chi connectivity index (χ0) is 33.1. The molecule has 0 saturated carbocycles. The van der Waals surface area contributed by atoms with Crippen LogP contribution in [0.1, 0.15) is 5.56 Å². The maximum Gasteiger partial charge on any atom is 0.262 e. The van der Waals surface area contributed by atoms with E-state index in [1.54, 1.807) is 18.2 Å². The average molecular weight is 673 g/mol. The molecule has 5 rings (SSSR count). The highest BCUT2D eigenvalue weighted by Crippen LogP contribution is 2.43. The second-order valence-corrected chi connectivity index (χ2v) is 15.3. The highest BCUT2D eigenvalue weighted by molar-refractivity contribution is 7.92. The normalized spacial score (nSPS) is 12.3. The van der Waals surface area contributed by atoms with Crippen LogP contribution in [0.15, 0.2) is 138 Å². The van der Waals surface area contributed by atoms with Crippen LogP contribution in [0.5, 0.6) is 17.2 Å². The monoisotopic (exact) mass is 672 g/mol. The van der Waals surface area contributed by atoms with Crippen molar-refractivity contribution in [3.8, 4) is 17.2 Å². The van der Waals surface area contributed by atoms with Crippen LogP contribution in [0.4, 0.5) is 5.69 Å². The minimum atomic E-state index is -3.90. The molecule has 244 valence electrons. The van der Waals surface area contributed by atoms with Crippen molar-refractivity contribution >= 4 is 33.5 Å². The molecule has 0 aliphatic heterocycles. The van der Waals surface area contributed by atoms with Crippen LogP contribution >= 0.6 is 7.14 Å². The van der Waals surface area contributed by atoms with Crippen molar-refractivity contribution in [3.05, 3.63) is 139 Å². The van der Waals surface area contributed by atoms with E-state index in [0.29, 0.717) is 24.5 Å². The van der Waals surface area contributed by atoms with E-state index in [1.165, 1.54) is 30.3 Å². The number of rotatable bonds is 16. The van der Waals surface area contributed by atoms with Crippen LogP contribution in [-0.4, -0.2) is 50.8 Å². The molecule has 5 aromatic carbocycles. The number of phenolic OH excluding ortho intramolecular Hbond substituents is 1. The van der Waals surface area contributed by atoms with Gasteiger partial charge in [-0.1, -0.05) is 91.0 Å². The van der Waals surface area contributed by atoms with Gasteiger partial charge in [-0.05, 0) is 54.9 Å². The predicted octanol–water partition coefficient (Wildman–Crippen LogP) is 5.12. The Kier molecular flexibility index (Phi) is 11.3. The van der Waals surface area contributed by atoms with Gasteiger partial charge in [0.1, 0.15) is 36.3 Å². The Morgan fingerprint density at radius 2 is 1.30 bits per heavy atom. The third kappa shape index (κ3) is 9.24. The summed E-state index contributed by atoms with van der Waals surface area (Å²) >= 11 is 0. The summed E-state index contributed by atoms with van der Waals surface area (Å²) in [6.07, 6.45) is -0.0612. The zero-order valence-electron chi connectivity index (χ0n) is 25.6. The molecule has 0 radical (unpaired) electrons. The summed E-state index contributed by atoms with van der Waals surface area (Å²) in [5, 5.41) is 25.3. The molecule has 1 atom stereocenters. The van der Waals surface area contributed by atoms with Crippen LogP contribution in [0.3, 0.4) is 0 Å². The molecule has 0 bridgehead atoms. The second kappa shape index (κ2) is 15.8. The SMILES string of the molecule is O=P(COc1ccc(CCNC[C@H](O)COc2ccc(O)c(NS(=O)(=O)c3ccccc3)c2)cc1)(c1ccccc1)c1ccccc1. The van der Waals surface area contributed by atoms with E-state index in [1.807, 2.05) is 84.9 Å². The quantitative estimate of drug-likeness (QED) is 0.0646. The molecular formula is C36H37N2O7PS. The van der Waals surface area contributed by atoms with Gasteiger partial charge >= 0.3 is 0 Å². The highest BCUT2D eigenvalue weighted by Gasteiger charge is 2.28. The molecule has 9 nitrogen and oxygen atoms in total. The minimum absolute atomic E-state index is 0.0308. The maximum absolute atomic E-state index is 14.1. The standard InChI is InChI=1S/C36H37N2O7PS/c39-29(26-44-31-20-21-36(40)35(24-31)38-47(42,43)34-14-8-3-9-15-34)25-37-23-22-28-16-18-30(19-17-28)45-27-46(41,32-10-4-1-5-11-32)33-12-6-2-7-13-33/h1-21,24,29,37-40H,22-23,25-27H2/t29-/m0/s1. The van der Waals surface area contributed by atoms with Crippen LogP contribution < -0.4 is 30.1 Å². The Morgan fingerprint density at radius 3 is 1.91 bits per heavy atom. The van der Waals surface area contributed by atoms with Gasteiger partial charge in [0.05, 0.1) is 10.6 Å². The summed E-state index contributed by atoms with van der Waals surface area (Å²) in [6, 6.07) is 38.5. The maximum atomic E-state index is 14.1. The molecule has 0 amide bonds. The van der Waals surface area contributed by atoms with Gasteiger partial charge in [0.15, 0.2) is 7.14 Å². The van der Waals surface area contributed by atoms with E-state index in [9.17, 15) is 23.2 Å². The van der Waals surface area contributed by atoms with Gasteiger partial charge in [-0.25, -0.2) is 8.42 Å². The van der Waals surface area contributed by atoms with Gasteiger partial charge in [0.25, 0.3) is 10.0 Å². The largest absolute Gasteiger partial charge is 0.506 e. The Labute approximate surface area is 275 Å². The van der Waals surface area contributed by atoms with Gasteiger partial charge in [-0.15, -0.1) is 0 Å². The third-order valence-corrected chi connectivity index (χ3v) is 11.5. The first-order valence-corrected chi connectivity index (χ1v) is 18.4. The molecular weight excluding hydrogens is 635 g/mol. The summed E-state index contributed by atoms with van der Waals surface area (Å²) in [5.41, 5.74) is 1.04. The Balaban J connectivity index is 1.06. The molecule has 0 spiro atoms. The smallest absolute Gasteiger partial charge is 0.262 e. The van der Waals surface area contributed by atoms with Gasteiger partial charge in [0.2, 0.25) is 0 Å². The molecule has 0 unspecified atom stereocenters. The summed E-state index contributed by atoms with van der Waals surface area (Å²) in [6.45, 7) is 0.852. The number of benzene rings is 5. The number of hydrogen-bond donors (Lipinski definition) is 4. The lowest BCUT2D eigenvalue weighted by atomic mass is 10.1. The molecule has 11 heteroatoms. The third-order valence-electron chi connectivity index (χ3n) is 7.36. The average Bonchev–Trinajstić information content (AvgIpc) is 3.11. The Hall–Kier alpha value is -4.60. The molecule has 0 heterocycles. The molecule has 0 aliphatic rings. The fourth-order valence-electron chi connectivity index (χ4n) is 4.80. The first-order valence-electron chi connectivity index (χ1n) is 15.1. The van der Waals surface area contributed by atoms with Crippen LogP contribution in [0.2, 0.25) is 0 Å². The van der Waals surface area contributed by atoms with Crippen LogP contribution in [0.25, 0.3) is 0 Å². The second-order valence-electron chi connectivity index (χ2n) is 10.8. The number of sulfonamides is 1. The van der Waals surface area contributed by atoms with Crippen molar-refractivity contribution in [2.45, 2.75) is 17.4 Å². The van der Waals surface area contributed by atoms with Crippen LogP contribution in [-0.2, 0) is 21.0 Å². The highest BCUT2D eigenvalue weighted by atomic mass is 32.2. The topological polar surface area (TPSA) is 134 Å². The Bertz CT molecular complexity index is 1830. The number of anilines is 1. The molecule has 0 saturated heterocycles. The van der Waals surface area contributed by atoms with E-state index in [0.717, 1.165) is 16.2 Å². The van der Waals surface area contributed by atoms with Crippen molar-refractivity contribution in [3.63, 3.8) is 0 Å². The van der Waals surface area contributed by atoms with Crippen molar-refractivity contribution in [1.29, 1.82) is 0 Å². The van der Waals surface area contributed by atoms with E-state index < -0.39 is 23.3 Å². The lowest BCUT2D eigenvalue weighted by Gasteiger charge is -2.20. The van der Waals surface area contributed by atoms with Crippen molar-refractivity contribution in [1.82, 2.24) is 5.32 Å².